The van der Waals surface area contributed by atoms with Gasteiger partial charge in [-0.25, -0.2) is 0 Å². The minimum Gasteiger partial charge on any atom is -0.492 e. The van der Waals surface area contributed by atoms with Crippen LogP contribution in [0.25, 0.3) is 0 Å². The Morgan fingerprint density at radius 2 is 2.00 bits per heavy atom. The van der Waals surface area contributed by atoms with Crippen molar-refractivity contribution < 1.29 is 9.53 Å². The highest BCUT2D eigenvalue weighted by molar-refractivity contribution is 5.94. The molecule has 2 rings (SSSR count). The molecule has 0 atom stereocenters. The second kappa shape index (κ2) is 6.79. The fourth-order valence-corrected chi connectivity index (χ4v) is 1.96. The van der Waals surface area contributed by atoms with Gasteiger partial charge in [0.25, 0.3) is 5.91 Å². The number of anilines is 1. The minimum atomic E-state index is -0.0872. The van der Waals surface area contributed by atoms with Crippen LogP contribution in [0.4, 0.5) is 5.69 Å². The molecular formula is C17H20N2O2. The highest BCUT2D eigenvalue weighted by Crippen LogP contribution is 2.18. The van der Waals surface area contributed by atoms with Crippen LogP contribution < -0.4 is 15.8 Å². The average Bonchev–Trinajstić information content (AvgIpc) is 2.47. The third-order valence-electron chi connectivity index (χ3n) is 3.18. The van der Waals surface area contributed by atoms with Crippen LogP contribution in [-0.4, -0.2) is 19.1 Å². The maximum absolute atomic E-state index is 11.9. The number of rotatable bonds is 5. The zero-order valence-corrected chi connectivity index (χ0v) is 12.3. The Kier molecular flexibility index (Phi) is 4.82. The first kappa shape index (κ1) is 14.9. The maximum atomic E-state index is 11.9. The maximum Gasteiger partial charge on any atom is 0.251 e. The van der Waals surface area contributed by atoms with E-state index in [0.717, 1.165) is 22.6 Å². The number of benzene rings is 2. The third kappa shape index (κ3) is 4.24. The smallest absolute Gasteiger partial charge is 0.251 e. The monoisotopic (exact) mass is 284 g/mol. The van der Waals surface area contributed by atoms with Crippen LogP contribution in [-0.2, 0) is 0 Å². The molecule has 0 fully saturated rings. The van der Waals surface area contributed by atoms with Crippen LogP contribution in [0.1, 0.15) is 21.5 Å². The number of hydrogen-bond donors (Lipinski definition) is 2. The molecule has 0 radical (unpaired) electrons. The van der Waals surface area contributed by atoms with E-state index < -0.39 is 0 Å². The molecule has 0 aliphatic heterocycles. The van der Waals surface area contributed by atoms with E-state index in [1.54, 1.807) is 6.07 Å². The summed E-state index contributed by atoms with van der Waals surface area (Å²) in [6, 6.07) is 13.0. The molecule has 0 saturated carbocycles. The fourth-order valence-electron chi connectivity index (χ4n) is 1.96. The summed E-state index contributed by atoms with van der Waals surface area (Å²) >= 11 is 0. The molecule has 110 valence electrons. The lowest BCUT2D eigenvalue weighted by Crippen LogP contribution is -2.28. The number of carbonyl (C=O) groups excluding carboxylic acids is 1. The molecule has 0 bridgehead atoms. The fraction of sp³-hybridized carbons (Fsp3) is 0.235. The Morgan fingerprint density at radius 1 is 1.19 bits per heavy atom. The van der Waals surface area contributed by atoms with Gasteiger partial charge in [-0.05, 0) is 49.7 Å². The summed E-state index contributed by atoms with van der Waals surface area (Å²) in [7, 11) is 0. The van der Waals surface area contributed by atoms with Crippen molar-refractivity contribution in [2.24, 2.45) is 0 Å². The Bertz CT molecular complexity index is 638. The summed E-state index contributed by atoms with van der Waals surface area (Å²) in [5.41, 5.74) is 9.21. The number of ether oxygens (including phenoxy) is 1. The van der Waals surface area contributed by atoms with Crippen LogP contribution in [0.15, 0.2) is 42.5 Å². The molecule has 0 unspecified atom stereocenters. The number of hydrogen-bond acceptors (Lipinski definition) is 3. The highest BCUT2D eigenvalue weighted by Gasteiger charge is 2.04. The van der Waals surface area contributed by atoms with Crippen molar-refractivity contribution in [1.82, 2.24) is 5.32 Å². The highest BCUT2D eigenvalue weighted by atomic mass is 16.5. The van der Waals surface area contributed by atoms with Crippen molar-refractivity contribution in [3.63, 3.8) is 0 Å². The molecule has 21 heavy (non-hydrogen) atoms. The Labute approximate surface area is 124 Å². The number of amides is 1. The summed E-state index contributed by atoms with van der Waals surface area (Å²) in [4.78, 5) is 11.9. The number of nitrogens with two attached hydrogens (primary N) is 1. The van der Waals surface area contributed by atoms with Crippen molar-refractivity contribution in [2.75, 3.05) is 18.9 Å². The molecule has 0 heterocycles. The molecule has 2 aromatic rings. The van der Waals surface area contributed by atoms with E-state index in [9.17, 15) is 4.79 Å². The van der Waals surface area contributed by atoms with E-state index in [4.69, 9.17) is 10.5 Å². The standard InChI is InChI=1S/C17H20N2O2/c1-12-4-3-5-14(10-12)17(20)19-8-9-21-15-6-7-16(18)13(2)11-15/h3-7,10-11H,8-9,18H2,1-2H3,(H,19,20). The first-order valence-electron chi connectivity index (χ1n) is 6.90. The van der Waals surface area contributed by atoms with E-state index in [2.05, 4.69) is 5.32 Å². The van der Waals surface area contributed by atoms with Gasteiger partial charge in [0.2, 0.25) is 0 Å². The van der Waals surface area contributed by atoms with Crippen LogP contribution in [0.5, 0.6) is 5.75 Å². The molecule has 0 aliphatic rings. The van der Waals surface area contributed by atoms with Crippen LogP contribution in [0.2, 0.25) is 0 Å². The Hall–Kier alpha value is -2.49. The van der Waals surface area contributed by atoms with Gasteiger partial charge >= 0.3 is 0 Å². The van der Waals surface area contributed by atoms with Gasteiger partial charge in [0.05, 0.1) is 6.54 Å². The van der Waals surface area contributed by atoms with Crippen molar-refractivity contribution in [3.8, 4) is 5.75 Å². The molecule has 0 saturated heterocycles. The Balaban J connectivity index is 1.79. The lowest BCUT2D eigenvalue weighted by molar-refractivity contribution is 0.0947. The van der Waals surface area contributed by atoms with Gasteiger partial charge in [0.1, 0.15) is 12.4 Å². The normalized spacial score (nSPS) is 10.2. The first-order chi connectivity index (χ1) is 10.1. The molecule has 0 aromatic heterocycles. The van der Waals surface area contributed by atoms with E-state index >= 15 is 0 Å². The van der Waals surface area contributed by atoms with Crippen molar-refractivity contribution in [3.05, 3.63) is 59.2 Å². The van der Waals surface area contributed by atoms with Crippen LogP contribution in [0, 0.1) is 13.8 Å². The number of carbonyl (C=O) groups is 1. The topological polar surface area (TPSA) is 64.3 Å². The molecule has 4 nitrogen and oxygen atoms in total. The van der Waals surface area contributed by atoms with Gasteiger partial charge in [0, 0.05) is 11.3 Å². The molecule has 3 N–H and O–H groups in total. The average molecular weight is 284 g/mol. The summed E-state index contributed by atoms with van der Waals surface area (Å²) in [5, 5.41) is 2.83. The minimum absolute atomic E-state index is 0.0872. The van der Waals surface area contributed by atoms with E-state index in [1.165, 1.54) is 0 Å². The predicted molar refractivity (Wildman–Crippen MR) is 84.6 cm³/mol. The summed E-state index contributed by atoms with van der Waals surface area (Å²) in [6.07, 6.45) is 0. The molecule has 0 aliphatic carbocycles. The lowest BCUT2D eigenvalue weighted by atomic mass is 10.1. The third-order valence-corrected chi connectivity index (χ3v) is 3.18. The van der Waals surface area contributed by atoms with Gasteiger partial charge in [0.15, 0.2) is 0 Å². The molecular weight excluding hydrogens is 264 g/mol. The quantitative estimate of drug-likeness (QED) is 0.655. The molecule has 1 amide bonds. The second-order valence-corrected chi connectivity index (χ2v) is 4.99. The lowest BCUT2D eigenvalue weighted by Gasteiger charge is -2.09. The largest absolute Gasteiger partial charge is 0.492 e. The summed E-state index contributed by atoms with van der Waals surface area (Å²) in [5.74, 6) is 0.669. The molecule has 4 heteroatoms. The van der Waals surface area contributed by atoms with Gasteiger partial charge < -0.3 is 15.8 Å². The van der Waals surface area contributed by atoms with Gasteiger partial charge in [-0.1, -0.05) is 17.7 Å². The zero-order chi connectivity index (χ0) is 15.2. The number of nitrogen functional groups attached to an aromatic ring is 1. The van der Waals surface area contributed by atoms with Crippen molar-refractivity contribution in [1.29, 1.82) is 0 Å². The predicted octanol–water partition coefficient (Wildman–Crippen LogP) is 2.69. The summed E-state index contributed by atoms with van der Waals surface area (Å²) in [6.45, 7) is 4.77. The first-order valence-corrected chi connectivity index (χ1v) is 6.90. The van der Waals surface area contributed by atoms with Crippen LogP contribution in [0.3, 0.4) is 0 Å². The van der Waals surface area contributed by atoms with Crippen LogP contribution >= 0.6 is 0 Å². The summed E-state index contributed by atoms with van der Waals surface area (Å²) < 4.78 is 5.58. The SMILES string of the molecule is Cc1cccc(C(=O)NCCOc2ccc(N)c(C)c2)c1. The molecule has 2 aromatic carbocycles. The van der Waals surface area contributed by atoms with Crippen molar-refractivity contribution in [2.45, 2.75) is 13.8 Å². The Morgan fingerprint density at radius 3 is 2.71 bits per heavy atom. The second-order valence-electron chi connectivity index (χ2n) is 4.99. The van der Waals surface area contributed by atoms with Gasteiger partial charge in [-0.3, -0.25) is 4.79 Å². The number of nitrogens with one attached hydrogen (secondary N) is 1. The number of aryl methyl sites for hydroxylation is 2. The molecule has 0 spiro atoms. The van der Waals surface area contributed by atoms with Crippen molar-refractivity contribution >= 4 is 11.6 Å². The van der Waals surface area contributed by atoms with Gasteiger partial charge in [-0.2, -0.15) is 0 Å². The van der Waals surface area contributed by atoms with E-state index in [1.807, 2.05) is 50.2 Å². The van der Waals surface area contributed by atoms with Gasteiger partial charge in [-0.15, -0.1) is 0 Å². The van der Waals surface area contributed by atoms with E-state index in [0.29, 0.717) is 18.7 Å². The van der Waals surface area contributed by atoms with E-state index in [-0.39, 0.29) is 5.91 Å². The zero-order valence-electron chi connectivity index (χ0n) is 12.3.